The second-order valence-electron chi connectivity index (χ2n) is 9.10. The van der Waals surface area contributed by atoms with Crippen LogP contribution in [0.3, 0.4) is 0 Å². The molecule has 1 aliphatic rings. The molecule has 0 aliphatic heterocycles. The molecule has 0 N–H and O–H groups in total. The normalized spacial score (nSPS) is 12.0. The molecular weight excluding hydrogens is 426 g/mol. The first-order valence-corrected chi connectivity index (χ1v) is 11.8. The van der Waals surface area contributed by atoms with E-state index in [0.717, 1.165) is 33.7 Å². The van der Waals surface area contributed by atoms with Crippen LogP contribution in [0, 0.1) is 0 Å². The zero-order chi connectivity index (χ0) is 22.9. The lowest BCUT2D eigenvalue weighted by atomic mass is 10.0. The lowest BCUT2D eigenvalue weighted by Gasteiger charge is -2.11. The van der Waals surface area contributed by atoms with Gasteiger partial charge in [0.1, 0.15) is 5.82 Å². The summed E-state index contributed by atoms with van der Waals surface area (Å²) in [4.78, 5) is 9.65. The van der Waals surface area contributed by atoms with Gasteiger partial charge in [0.05, 0.1) is 16.7 Å². The fourth-order valence-electron chi connectivity index (χ4n) is 5.68. The van der Waals surface area contributed by atoms with Crippen molar-refractivity contribution >= 4 is 32.6 Å². The molecule has 0 radical (unpaired) electrons. The van der Waals surface area contributed by atoms with Crippen molar-refractivity contribution in [2.75, 3.05) is 0 Å². The van der Waals surface area contributed by atoms with E-state index in [2.05, 4.69) is 113 Å². The van der Waals surface area contributed by atoms with E-state index >= 15 is 0 Å². The van der Waals surface area contributed by atoms with E-state index in [1.807, 2.05) is 12.4 Å². The van der Waals surface area contributed by atoms with Gasteiger partial charge in [0.25, 0.3) is 0 Å². The predicted molar refractivity (Wildman–Crippen MR) is 144 cm³/mol. The molecule has 0 bridgehead atoms. The average molecular weight is 446 g/mol. The van der Waals surface area contributed by atoms with Crippen LogP contribution in [0.15, 0.2) is 116 Å². The van der Waals surface area contributed by atoms with E-state index in [0.29, 0.717) is 0 Å². The number of para-hydroxylation sites is 1. The maximum atomic E-state index is 5.27. The van der Waals surface area contributed by atoms with Crippen molar-refractivity contribution in [2.45, 2.75) is 0 Å². The molecule has 8 rings (SSSR count). The molecule has 3 heteroatoms. The van der Waals surface area contributed by atoms with Gasteiger partial charge in [-0.05, 0) is 52.4 Å². The highest BCUT2D eigenvalue weighted by molar-refractivity contribution is 6.15. The van der Waals surface area contributed by atoms with Gasteiger partial charge in [-0.2, -0.15) is 0 Å². The second-order valence-corrected chi connectivity index (χ2v) is 9.10. The Morgan fingerprint density at radius 3 is 2.37 bits per heavy atom. The fourth-order valence-corrected chi connectivity index (χ4v) is 5.68. The predicted octanol–water partition coefficient (Wildman–Crippen LogP) is 8.04. The third kappa shape index (κ3) is 2.55. The van der Waals surface area contributed by atoms with Gasteiger partial charge >= 0.3 is 0 Å². The summed E-state index contributed by atoms with van der Waals surface area (Å²) >= 11 is 0. The molecule has 0 spiro atoms. The Morgan fingerprint density at radius 2 is 1.43 bits per heavy atom. The number of hydrogen-bond donors (Lipinski definition) is 0. The van der Waals surface area contributed by atoms with Gasteiger partial charge in [0.2, 0.25) is 0 Å². The zero-order valence-electron chi connectivity index (χ0n) is 18.8. The van der Waals surface area contributed by atoms with Crippen molar-refractivity contribution in [1.29, 1.82) is 0 Å². The Labute approximate surface area is 202 Å². The van der Waals surface area contributed by atoms with Gasteiger partial charge in [-0.15, -0.1) is 0 Å². The van der Waals surface area contributed by atoms with Crippen LogP contribution in [0.1, 0.15) is 0 Å². The van der Waals surface area contributed by atoms with Crippen LogP contribution in [-0.2, 0) is 0 Å². The van der Waals surface area contributed by atoms with Crippen molar-refractivity contribution in [2.24, 2.45) is 0 Å². The highest BCUT2D eigenvalue weighted by Gasteiger charge is 2.24. The third-order valence-corrected chi connectivity index (χ3v) is 7.22. The second kappa shape index (κ2) is 6.87. The highest BCUT2D eigenvalue weighted by Crippen LogP contribution is 2.46. The fraction of sp³-hybridized carbons (Fsp3) is 0. The summed E-state index contributed by atoms with van der Waals surface area (Å²) in [5.74, 6) is 0.938. The monoisotopic (exact) mass is 445 g/mol. The lowest BCUT2D eigenvalue weighted by Crippen LogP contribution is -1.98. The Kier molecular flexibility index (Phi) is 3.66. The first kappa shape index (κ1) is 18.6. The van der Waals surface area contributed by atoms with Crippen LogP contribution in [0.25, 0.3) is 71.9 Å². The summed E-state index contributed by atoms with van der Waals surface area (Å²) in [6.07, 6.45) is 3.81. The molecule has 3 heterocycles. The molecule has 7 aromatic rings. The summed E-state index contributed by atoms with van der Waals surface area (Å²) < 4.78 is 2.31. The molecule has 0 saturated heterocycles. The number of aromatic nitrogens is 3. The minimum atomic E-state index is 0.938. The van der Waals surface area contributed by atoms with Crippen molar-refractivity contribution < 1.29 is 0 Å². The van der Waals surface area contributed by atoms with Crippen molar-refractivity contribution in [3.8, 4) is 39.3 Å². The van der Waals surface area contributed by atoms with Crippen molar-refractivity contribution in [1.82, 2.24) is 14.5 Å². The number of nitrogens with zero attached hydrogens (tertiary/aromatic N) is 3. The Morgan fingerprint density at radius 1 is 0.571 bits per heavy atom. The van der Waals surface area contributed by atoms with Gasteiger partial charge in [0.15, 0.2) is 0 Å². The smallest absolute Gasteiger partial charge is 0.138 e. The van der Waals surface area contributed by atoms with Gasteiger partial charge in [0, 0.05) is 39.7 Å². The molecule has 3 nitrogen and oxygen atoms in total. The summed E-state index contributed by atoms with van der Waals surface area (Å²) in [6.45, 7) is 0. The molecule has 0 amide bonds. The summed E-state index contributed by atoms with van der Waals surface area (Å²) in [6, 6.07) is 36.7. The molecule has 4 aromatic carbocycles. The quantitative estimate of drug-likeness (QED) is 0.269. The van der Waals surface area contributed by atoms with E-state index in [4.69, 9.17) is 4.98 Å². The maximum absolute atomic E-state index is 5.27. The van der Waals surface area contributed by atoms with Crippen LogP contribution in [0.5, 0.6) is 0 Å². The SMILES string of the molecule is c1ccc(-c2ccc3c(c2)c2ccccc2n3-c2cc3cccc4c3c(n2)-c2ccncc2-4)cc1. The van der Waals surface area contributed by atoms with Crippen molar-refractivity contribution in [3.63, 3.8) is 0 Å². The Bertz CT molecular complexity index is 1950. The first-order chi connectivity index (χ1) is 17.4. The molecule has 3 aromatic heterocycles. The maximum Gasteiger partial charge on any atom is 0.138 e. The summed E-state index contributed by atoms with van der Waals surface area (Å²) in [5, 5.41) is 4.88. The van der Waals surface area contributed by atoms with E-state index in [9.17, 15) is 0 Å². The standard InChI is InChI=1S/C32H19N3/c1-2-7-20(8-3-1)21-13-14-29-26(17-21)23-10-4-5-12-28(23)35(29)30-18-22-9-6-11-24-27-19-33-16-15-25(27)32(34-30)31(22)24/h1-19H. The van der Waals surface area contributed by atoms with Crippen LogP contribution in [0.2, 0.25) is 0 Å². The first-order valence-electron chi connectivity index (χ1n) is 11.8. The van der Waals surface area contributed by atoms with Crippen molar-refractivity contribution in [3.05, 3.63) is 116 Å². The molecular formula is C32H19N3. The number of rotatable bonds is 2. The molecule has 162 valence electrons. The van der Waals surface area contributed by atoms with Gasteiger partial charge in [-0.1, -0.05) is 72.8 Å². The zero-order valence-corrected chi connectivity index (χ0v) is 18.8. The number of pyridine rings is 2. The van der Waals surface area contributed by atoms with E-state index in [-0.39, 0.29) is 0 Å². The van der Waals surface area contributed by atoms with Crippen LogP contribution >= 0.6 is 0 Å². The summed E-state index contributed by atoms with van der Waals surface area (Å²) in [5.41, 5.74) is 9.34. The van der Waals surface area contributed by atoms with Gasteiger partial charge in [-0.25, -0.2) is 4.98 Å². The van der Waals surface area contributed by atoms with Gasteiger partial charge < -0.3 is 0 Å². The highest BCUT2D eigenvalue weighted by atomic mass is 15.1. The topological polar surface area (TPSA) is 30.7 Å². The van der Waals surface area contributed by atoms with E-state index in [1.54, 1.807) is 0 Å². The number of benzene rings is 4. The minimum Gasteiger partial charge on any atom is -0.294 e. The molecule has 1 aliphatic carbocycles. The molecule has 0 atom stereocenters. The Balaban J connectivity index is 1.45. The molecule has 35 heavy (non-hydrogen) atoms. The lowest BCUT2D eigenvalue weighted by molar-refractivity contribution is 1.09. The summed E-state index contributed by atoms with van der Waals surface area (Å²) in [7, 11) is 0. The van der Waals surface area contributed by atoms with Gasteiger partial charge in [-0.3, -0.25) is 9.55 Å². The Hall–Kier alpha value is -4.76. The number of fused-ring (bicyclic) bond motifs is 6. The third-order valence-electron chi connectivity index (χ3n) is 7.22. The molecule has 0 unspecified atom stereocenters. The molecule has 0 fully saturated rings. The van der Waals surface area contributed by atoms with Crippen LogP contribution < -0.4 is 0 Å². The minimum absolute atomic E-state index is 0.938. The number of hydrogen-bond acceptors (Lipinski definition) is 2. The largest absolute Gasteiger partial charge is 0.294 e. The van der Waals surface area contributed by atoms with Crippen LogP contribution in [0.4, 0.5) is 0 Å². The van der Waals surface area contributed by atoms with E-state index < -0.39 is 0 Å². The van der Waals surface area contributed by atoms with Crippen LogP contribution in [-0.4, -0.2) is 14.5 Å². The average Bonchev–Trinajstić information content (AvgIpc) is 3.43. The molecule has 0 saturated carbocycles. The van der Waals surface area contributed by atoms with E-state index in [1.165, 1.54) is 38.2 Å².